The zero-order valence-corrected chi connectivity index (χ0v) is 10.8. The van der Waals surface area contributed by atoms with Crippen LogP contribution in [-0.2, 0) is 4.74 Å². The third kappa shape index (κ3) is 2.97. The van der Waals surface area contributed by atoms with Crippen LogP contribution in [0.4, 0.5) is 0 Å². The van der Waals surface area contributed by atoms with E-state index in [2.05, 4.69) is 9.97 Å². The van der Waals surface area contributed by atoms with Gasteiger partial charge in [-0.15, -0.1) is 0 Å². The molecule has 1 fully saturated rings. The predicted octanol–water partition coefficient (Wildman–Crippen LogP) is 2.28. The minimum atomic E-state index is -0.387. The third-order valence-corrected chi connectivity index (χ3v) is 3.03. The lowest BCUT2D eigenvalue weighted by molar-refractivity contribution is 0.0524. The van der Waals surface area contributed by atoms with Crippen molar-refractivity contribution in [3.05, 3.63) is 17.5 Å². The molecule has 0 radical (unpaired) electrons. The molecule has 0 spiro atoms. The first-order chi connectivity index (χ1) is 8.70. The smallest absolute Gasteiger partial charge is 0.341 e. The minimum absolute atomic E-state index is 0.220. The van der Waals surface area contributed by atoms with Crippen LogP contribution < -0.4 is 4.74 Å². The van der Waals surface area contributed by atoms with Crippen molar-refractivity contribution in [2.45, 2.75) is 45.6 Å². The average molecular weight is 250 g/mol. The molecule has 1 heterocycles. The topological polar surface area (TPSA) is 61.3 Å². The minimum Gasteiger partial charge on any atom is -0.462 e. The number of hydrogen-bond donors (Lipinski definition) is 0. The van der Waals surface area contributed by atoms with Crippen LogP contribution in [0.2, 0.25) is 0 Å². The van der Waals surface area contributed by atoms with Gasteiger partial charge in [-0.05, 0) is 39.5 Å². The van der Waals surface area contributed by atoms with E-state index in [1.807, 2.05) is 0 Å². The number of carbonyl (C=O) groups is 1. The molecule has 1 aliphatic rings. The van der Waals surface area contributed by atoms with E-state index in [1.165, 1.54) is 19.0 Å². The number of ether oxygens (including phenoxy) is 2. The summed E-state index contributed by atoms with van der Waals surface area (Å²) >= 11 is 0. The molecule has 0 amide bonds. The lowest BCUT2D eigenvalue weighted by Crippen LogP contribution is -2.15. The summed E-state index contributed by atoms with van der Waals surface area (Å²) in [5.41, 5.74) is 0.993. The maximum Gasteiger partial charge on any atom is 0.341 e. The molecule has 5 heteroatoms. The first-order valence-electron chi connectivity index (χ1n) is 6.38. The Kier molecular flexibility index (Phi) is 4.12. The number of rotatable bonds is 4. The standard InChI is InChI=1S/C13H18N2O3/c1-3-17-12(16)11-8-14-13(15-9(11)2)18-10-6-4-5-7-10/h8,10H,3-7H2,1-2H3. The van der Waals surface area contributed by atoms with Gasteiger partial charge in [-0.2, -0.15) is 4.98 Å². The fourth-order valence-corrected chi connectivity index (χ4v) is 2.07. The van der Waals surface area contributed by atoms with E-state index >= 15 is 0 Å². The highest BCUT2D eigenvalue weighted by atomic mass is 16.5. The van der Waals surface area contributed by atoms with E-state index in [0.717, 1.165) is 12.8 Å². The fraction of sp³-hybridized carbons (Fsp3) is 0.615. The molecule has 98 valence electrons. The highest BCUT2D eigenvalue weighted by molar-refractivity contribution is 5.90. The number of nitrogens with zero attached hydrogens (tertiary/aromatic N) is 2. The Hall–Kier alpha value is -1.65. The van der Waals surface area contributed by atoms with Crippen molar-refractivity contribution >= 4 is 5.97 Å². The van der Waals surface area contributed by atoms with Gasteiger partial charge in [0.05, 0.1) is 17.9 Å². The van der Waals surface area contributed by atoms with Crippen LogP contribution in [0.15, 0.2) is 6.20 Å². The summed E-state index contributed by atoms with van der Waals surface area (Å²) in [4.78, 5) is 19.9. The number of esters is 1. The van der Waals surface area contributed by atoms with Crippen LogP contribution in [-0.4, -0.2) is 28.6 Å². The summed E-state index contributed by atoms with van der Waals surface area (Å²) in [6, 6.07) is 0.354. The Balaban J connectivity index is 2.06. The van der Waals surface area contributed by atoms with Gasteiger partial charge in [-0.25, -0.2) is 9.78 Å². The van der Waals surface area contributed by atoms with E-state index in [1.54, 1.807) is 13.8 Å². The summed E-state index contributed by atoms with van der Waals surface area (Å²) in [7, 11) is 0. The van der Waals surface area contributed by atoms with Crippen LogP contribution in [0.1, 0.15) is 48.7 Å². The maximum absolute atomic E-state index is 11.6. The summed E-state index contributed by atoms with van der Waals surface area (Å²) in [6.07, 6.45) is 6.21. The van der Waals surface area contributed by atoms with Crippen molar-refractivity contribution < 1.29 is 14.3 Å². The Morgan fingerprint density at radius 2 is 2.17 bits per heavy atom. The number of aromatic nitrogens is 2. The van der Waals surface area contributed by atoms with Crippen LogP contribution in [0.25, 0.3) is 0 Å². The number of carbonyl (C=O) groups excluding carboxylic acids is 1. The molecule has 0 aromatic carbocycles. The van der Waals surface area contributed by atoms with Gasteiger partial charge in [-0.3, -0.25) is 0 Å². The van der Waals surface area contributed by atoms with E-state index < -0.39 is 0 Å². The molecule has 0 bridgehead atoms. The molecule has 0 atom stereocenters. The molecule has 2 rings (SSSR count). The van der Waals surface area contributed by atoms with Gasteiger partial charge >= 0.3 is 12.0 Å². The SMILES string of the molecule is CCOC(=O)c1cnc(OC2CCCC2)nc1C. The Morgan fingerprint density at radius 3 is 2.78 bits per heavy atom. The van der Waals surface area contributed by atoms with Gasteiger partial charge in [0, 0.05) is 6.20 Å². The van der Waals surface area contributed by atoms with Gasteiger partial charge in [0.15, 0.2) is 0 Å². The largest absolute Gasteiger partial charge is 0.462 e. The molecular formula is C13H18N2O3. The molecule has 1 saturated carbocycles. The van der Waals surface area contributed by atoms with E-state index in [9.17, 15) is 4.79 Å². The van der Waals surface area contributed by atoms with E-state index in [4.69, 9.17) is 9.47 Å². The molecule has 5 nitrogen and oxygen atoms in total. The molecule has 1 aliphatic carbocycles. The van der Waals surface area contributed by atoms with E-state index in [0.29, 0.717) is 23.9 Å². The van der Waals surface area contributed by atoms with Gasteiger partial charge in [0.25, 0.3) is 0 Å². The Labute approximate surface area is 107 Å². The van der Waals surface area contributed by atoms with Gasteiger partial charge < -0.3 is 9.47 Å². The first kappa shape index (κ1) is 12.8. The quantitative estimate of drug-likeness (QED) is 0.767. The Bertz CT molecular complexity index is 428. The first-order valence-corrected chi connectivity index (χ1v) is 6.38. The van der Waals surface area contributed by atoms with Crippen molar-refractivity contribution in [3.63, 3.8) is 0 Å². The van der Waals surface area contributed by atoms with Crippen molar-refractivity contribution in [2.75, 3.05) is 6.61 Å². The second kappa shape index (κ2) is 5.80. The zero-order valence-electron chi connectivity index (χ0n) is 10.8. The highest BCUT2D eigenvalue weighted by Crippen LogP contribution is 2.22. The van der Waals surface area contributed by atoms with Gasteiger partial charge in [-0.1, -0.05) is 0 Å². The molecular weight excluding hydrogens is 232 g/mol. The van der Waals surface area contributed by atoms with Gasteiger partial charge in [0.2, 0.25) is 0 Å². The summed E-state index contributed by atoms with van der Waals surface area (Å²) < 4.78 is 10.6. The van der Waals surface area contributed by atoms with Crippen LogP contribution in [0.3, 0.4) is 0 Å². The number of hydrogen-bond acceptors (Lipinski definition) is 5. The molecule has 0 aliphatic heterocycles. The van der Waals surface area contributed by atoms with Crippen molar-refractivity contribution in [3.8, 4) is 6.01 Å². The maximum atomic E-state index is 11.6. The number of aryl methyl sites for hydroxylation is 1. The van der Waals surface area contributed by atoms with Crippen LogP contribution in [0.5, 0.6) is 6.01 Å². The molecule has 1 aromatic rings. The molecule has 0 unspecified atom stereocenters. The second-order valence-electron chi connectivity index (χ2n) is 4.40. The van der Waals surface area contributed by atoms with E-state index in [-0.39, 0.29) is 12.1 Å². The Morgan fingerprint density at radius 1 is 1.44 bits per heavy atom. The van der Waals surface area contributed by atoms with Crippen LogP contribution in [0, 0.1) is 6.92 Å². The fourth-order valence-electron chi connectivity index (χ4n) is 2.07. The zero-order chi connectivity index (χ0) is 13.0. The molecule has 18 heavy (non-hydrogen) atoms. The van der Waals surface area contributed by atoms with Crippen molar-refractivity contribution in [1.82, 2.24) is 9.97 Å². The van der Waals surface area contributed by atoms with Gasteiger partial charge in [0.1, 0.15) is 6.10 Å². The summed E-state index contributed by atoms with van der Waals surface area (Å²) in [6.45, 7) is 3.87. The summed E-state index contributed by atoms with van der Waals surface area (Å²) in [5.74, 6) is -0.387. The molecule has 0 saturated heterocycles. The van der Waals surface area contributed by atoms with Crippen molar-refractivity contribution in [2.24, 2.45) is 0 Å². The molecule has 1 aromatic heterocycles. The summed E-state index contributed by atoms with van der Waals surface area (Å²) in [5, 5.41) is 0. The molecule has 0 N–H and O–H groups in total. The third-order valence-electron chi connectivity index (χ3n) is 3.03. The second-order valence-corrected chi connectivity index (χ2v) is 4.40. The predicted molar refractivity (Wildman–Crippen MR) is 65.6 cm³/mol. The highest BCUT2D eigenvalue weighted by Gasteiger charge is 2.19. The lowest BCUT2D eigenvalue weighted by atomic mass is 10.2. The normalized spacial score (nSPS) is 15.7. The average Bonchev–Trinajstić information content (AvgIpc) is 2.82. The van der Waals surface area contributed by atoms with Crippen molar-refractivity contribution in [1.29, 1.82) is 0 Å². The van der Waals surface area contributed by atoms with Crippen LogP contribution >= 0.6 is 0 Å². The monoisotopic (exact) mass is 250 g/mol. The lowest BCUT2D eigenvalue weighted by Gasteiger charge is -2.12.